The summed E-state index contributed by atoms with van der Waals surface area (Å²) in [5.41, 5.74) is 1.26. The number of piperazine rings is 1. The number of amides is 1. The van der Waals surface area contributed by atoms with Gasteiger partial charge in [-0.3, -0.25) is 9.79 Å². The van der Waals surface area contributed by atoms with Crippen LogP contribution in [0.2, 0.25) is 0 Å². The van der Waals surface area contributed by atoms with E-state index in [1.54, 1.807) is 18.4 Å². The molecular weight excluding hydrogens is 394 g/mol. The van der Waals surface area contributed by atoms with E-state index in [0.717, 1.165) is 38.7 Å². The molecule has 0 spiro atoms. The second-order valence-corrected chi connectivity index (χ2v) is 9.11. The van der Waals surface area contributed by atoms with Gasteiger partial charge in [-0.05, 0) is 23.6 Å². The van der Waals surface area contributed by atoms with Crippen molar-refractivity contribution in [1.82, 2.24) is 15.5 Å². The van der Waals surface area contributed by atoms with Crippen molar-refractivity contribution in [2.75, 3.05) is 51.2 Å². The van der Waals surface area contributed by atoms with Crippen molar-refractivity contribution in [3.05, 3.63) is 52.7 Å². The number of carbonyl (C=O) groups is 1. The predicted molar refractivity (Wildman–Crippen MR) is 127 cm³/mol. The first kappa shape index (κ1) is 22.2. The molecule has 0 saturated carbocycles. The van der Waals surface area contributed by atoms with Gasteiger partial charge in [0.05, 0.1) is 0 Å². The van der Waals surface area contributed by atoms with Gasteiger partial charge in [-0.1, -0.05) is 38.1 Å². The number of guanidine groups is 1. The summed E-state index contributed by atoms with van der Waals surface area (Å²) >= 11 is 1.77. The van der Waals surface area contributed by atoms with Crippen LogP contribution in [-0.2, 0) is 10.2 Å². The molecule has 0 aliphatic carbocycles. The minimum atomic E-state index is 0.0278. The van der Waals surface area contributed by atoms with Crippen LogP contribution in [0, 0.1) is 0 Å². The summed E-state index contributed by atoms with van der Waals surface area (Å²) in [7, 11) is 1.76. The van der Waals surface area contributed by atoms with Gasteiger partial charge in [0.2, 0.25) is 5.91 Å². The van der Waals surface area contributed by atoms with Crippen LogP contribution < -0.4 is 15.5 Å². The molecule has 2 heterocycles. The molecule has 1 aliphatic heterocycles. The van der Waals surface area contributed by atoms with Crippen molar-refractivity contribution in [2.45, 2.75) is 25.7 Å². The Morgan fingerprint density at radius 3 is 2.43 bits per heavy atom. The molecule has 0 radical (unpaired) electrons. The third kappa shape index (κ3) is 5.98. The molecule has 3 rings (SSSR count). The SMILES string of the molecule is CN=C(NCCC(=O)N1CCN(c2ccccc2)CC1)NCC(C)(C)c1cccs1. The minimum absolute atomic E-state index is 0.0278. The summed E-state index contributed by atoms with van der Waals surface area (Å²) < 4.78 is 0. The van der Waals surface area contributed by atoms with Crippen molar-refractivity contribution in [3.8, 4) is 0 Å². The summed E-state index contributed by atoms with van der Waals surface area (Å²) in [4.78, 5) is 22.5. The first-order valence-corrected chi connectivity index (χ1v) is 11.4. The first-order chi connectivity index (χ1) is 14.5. The molecule has 162 valence electrons. The number of nitrogens with zero attached hydrogens (tertiary/aromatic N) is 3. The van der Waals surface area contributed by atoms with E-state index in [0.29, 0.717) is 13.0 Å². The lowest BCUT2D eigenvalue weighted by molar-refractivity contribution is -0.131. The van der Waals surface area contributed by atoms with Gasteiger partial charge in [-0.25, -0.2) is 0 Å². The van der Waals surface area contributed by atoms with E-state index in [-0.39, 0.29) is 11.3 Å². The Labute approximate surface area is 184 Å². The van der Waals surface area contributed by atoms with Crippen molar-refractivity contribution >= 4 is 28.9 Å². The average molecular weight is 428 g/mol. The van der Waals surface area contributed by atoms with Crippen LogP contribution in [0.25, 0.3) is 0 Å². The number of aliphatic imine (C=N–C) groups is 1. The monoisotopic (exact) mass is 427 g/mol. The number of nitrogens with one attached hydrogen (secondary N) is 2. The lowest BCUT2D eigenvalue weighted by atomic mass is 9.91. The van der Waals surface area contributed by atoms with Crippen LogP contribution >= 0.6 is 11.3 Å². The Balaban J connectivity index is 1.37. The summed E-state index contributed by atoms with van der Waals surface area (Å²) in [5.74, 6) is 0.936. The average Bonchev–Trinajstić information content (AvgIpc) is 3.33. The predicted octanol–water partition coefficient (Wildman–Crippen LogP) is 2.93. The topological polar surface area (TPSA) is 60.0 Å². The maximum atomic E-state index is 12.6. The molecule has 7 heteroatoms. The van der Waals surface area contributed by atoms with Crippen LogP contribution in [0.3, 0.4) is 0 Å². The smallest absolute Gasteiger partial charge is 0.224 e. The minimum Gasteiger partial charge on any atom is -0.368 e. The third-order valence-electron chi connectivity index (χ3n) is 5.49. The molecule has 1 aromatic carbocycles. The van der Waals surface area contributed by atoms with Gasteiger partial charge >= 0.3 is 0 Å². The highest BCUT2D eigenvalue weighted by molar-refractivity contribution is 7.10. The number of hydrogen-bond donors (Lipinski definition) is 2. The van der Waals surface area contributed by atoms with Gasteiger partial charge in [-0.2, -0.15) is 0 Å². The van der Waals surface area contributed by atoms with Crippen LogP contribution in [0.15, 0.2) is 52.8 Å². The zero-order valence-electron chi connectivity index (χ0n) is 18.2. The lowest BCUT2D eigenvalue weighted by Gasteiger charge is -2.36. The second-order valence-electron chi connectivity index (χ2n) is 8.17. The molecule has 0 bridgehead atoms. The number of thiophene rings is 1. The summed E-state index contributed by atoms with van der Waals surface area (Å²) in [6.45, 7) is 9.11. The highest BCUT2D eigenvalue weighted by Gasteiger charge is 2.23. The van der Waals surface area contributed by atoms with Crippen molar-refractivity contribution in [1.29, 1.82) is 0 Å². The van der Waals surface area contributed by atoms with Crippen LogP contribution in [0.4, 0.5) is 5.69 Å². The molecule has 2 N–H and O–H groups in total. The van der Waals surface area contributed by atoms with Gasteiger partial charge in [0.25, 0.3) is 0 Å². The van der Waals surface area contributed by atoms with Crippen LogP contribution in [-0.4, -0.2) is 63.1 Å². The van der Waals surface area contributed by atoms with Crippen molar-refractivity contribution in [3.63, 3.8) is 0 Å². The maximum Gasteiger partial charge on any atom is 0.224 e. The zero-order valence-corrected chi connectivity index (χ0v) is 19.0. The number of carbonyl (C=O) groups excluding carboxylic acids is 1. The number of rotatable bonds is 7. The Hall–Kier alpha value is -2.54. The van der Waals surface area contributed by atoms with E-state index in [1.807, 2.05) is 11.0 Å². The molecule has 1 saturated heterocycles. The molecule has 1 aromatic heterocycles. The van der Waals surface area contributed by atoms with E-state index in [4.69, 9.17) is 0 Å². The molecule has 2 aromatic rings. The molecule has 0 unspecified atom stereocenters. The Bertz CT molecular complexity index is 811. The van der Waals surface area contributed by atoms with E-state index in [2.05, 4.69) is 76.2 Å². The van der Waals surface area contributed by atoms with E-state index in [1.165, 1.54) is 10.6 Å². The van der Waals surface area contributed by atoms with Crippen molar-refractivity contribution in [2.24, 2.45) is 4.99 Å². The fourth-order valence-electron chi connectivity index (χ4n) is 3.57. The van der Waals surface area contributed by atoms with Gasteiger partial charge in [-0.15, -0.1) is 11.3 Å². The second kappa shape index (κ2) is 10.5. The van der Waals surface area contributed by atoms with Gasteiger partial charge in [0, 0.05) is 68.7 Å². The summed E-state index contributed by atoms with van der Waals surface area (Å²) in [5, 5.41) is 8.77. The van der Waals surface area contributed by atoms with Crippen LogP contribution in [0.5, 0.6) is 0 Å². The van der Waals surface area contributed by atoms with Crippen LogP contribution in [0.1, 0.15) is 25.1 Å². The van der Waals surface area contributed by atoms with E-state index in [9.17, 15) is 4.79 Å². The fraction of sp³-hybridized carbons (Fsp3) is 0.478. The summed E-state index contributed by atoms with van der Waals surface area (Å²) in [6.07, 6.45) is 0.473. The van der Waals surface area contributed by atoms with Gasteiger partial charge in [0.15, 0.2) is 5.96 Å². The van der Waals surface area contributed by atoms with E-state index < -0.39 is 0 Å². The Morgan fingerprint density at radius 1 is 1.07 bits per heavy atom. The Morgan fingerprint density at radius 2 is 1.80 bits per heavy atom. The van der Waals surface area contributed by atoms with Gasteiger partial charge in [0.1, 0.15) is 0 Å². The first-order valence-electron chi connectivity index (χ1n) is 10.6. The zero-order chi connectivity index (χ0) is 21.4. The highest BCUT2D eigenvalue weighted by Crippen LogP contribution is 2.26. The molecule has 1 amide bonds. The Kier molecular flexibility index (Phi) is 7.74. The normalized spacial score (nSPS) is 15.2. The number of hydrogen-bond acceptors (Lipinski definition) is 4. The molecule has 6 nitrogen and oxygen atoms in total. The fourth-order valence-corrected chi connectivity index (χ4v) is 4.43. The third-order valence-corrected chi connectivity index (χ3v) is 6.73. The molecular formula is C23H33N5OS. The largest absolute Gasteiger partial charge is 0.368 e. The number of benzene rings is 1. The van der Waals surface area contributed by atoms with E-state index >= 15 is 0 Å². The molecule has 1 aliphatic rings. The molecule has 1 fully saturated rings. The summed E-state index contributed by atoms with van der Waals surface area (Å²) in [6, 6.07) is 14.6. The number of anilines is 1. The molecule has 30 heavy (non-hydrogen) atoms. The van der Waals surface area contributed by atoms with Gasteiger partial charge < -0.3 is 20.4 Å². The quantitative estimate of drug-likeness (QED) is 0.527. The highest BCUT2D eigenvalue weighted by atomic mass is 32.1. The maximum absolute atomic E-state index is 12.6. The lowest BCUT2D eigenvalue weighted by Crippen LogP contribution is -2.49. The molecule has 0 atom stereocenters. The number of para-hydroxylation sites is 1. The van der Waals surface area contributed by atoms with Crippen molar-refractivity contribution < 1.29 is 4.79 Å². The standard InChI is InChI=1S/C23H33N5OS/c1-23(2,20-10-7-17-30-20)18-26-22(24-3)25-12-11-21(29)28-15-13-27(14-16-28)19-8-5-4-6-9-19/h4-10,17H,11-16,18H2,1-3H3,(H2,24,25,26).